The van der Waals surface area contributed by atoms with E-state index in [2.05, 4.69) is 5.32 Å². The number of carbonyl (C=O) groups excluding carboxylic acids is 1. The van der Waals surface area contributed by atoms with Crippen molar-refractivity contribution >= 4 is 5.91 Å². The molecule has 0 saturated carbocycles. The number of hydrogen-bond acceptors (Lipinski definition) is 2. The summed E-state index contributed by atoms with van der Waals surface area (Å²) in [4.78, 5) is 12.7. The highest BCUT2D eigenvalue weighted by molar-refractivity contribution is 5.74. The maximum Gasteiger partial charge on any atom is 0.219 e. The van der Waals surface area contributed by atoms with E-state index in [1.54, 1.807) is 6.92 Å². The van der Waals surface area contributed by atoms with Gasteiger partial charge in [-0.1, -0.05) is 21.3 Å². The molecule has 2 rings (SSSR count). The van der Waals surface area contributed by atoms with Gasteiger partial charge in [0.05, 0.1) is 0 Å². The van der Waals surface area contributed by atoms with Crippen LogP contribution in [0.15, 0.2) is 0 Å². The van der Waals surface area contributed by atoms with E-state index < -0.39 is 0 Å². The maximum absolute atomic E-state index is 10.8. The number of amides is 1. The molecular formula is C10H22N2O. The van der Waals surface area contributed by atoms with Crippen LogP contribution in [-0.4, -0.2) is 37.0 Å². The molecule has 3 nitrogen and oxygen atoms in total. The Morgan fingerprint density at radius 2 is 1.77 bits per heavy atom. The molecule has 1 N–H and O–H groups in total. The van der Waals surface area contributed by atoms with Gasteiger partial charge in [0.2, 0.25) is 5.91 Å². The van der Waals surface area contributed by atoms with E-state index in [1.165, 1.54) is 0 Å². The molecule has 3 heteroatoms. The van der Waals surface area contributed by atoms with Crippen LogP contribution < -0.4 is 5.32 Å². The Labute approximate surface area is 81.5 Å². The third kappa shape index (κ3) is 2.21. The molecule has 0 aromatic carbocycles. The first-order valence-corrected chi connectivity index (χ1v) is 4.68. The molecular weight excluding hydrogens is 164 g/mol. The van der Waals surface area contributed by atoms with Crippen molar-refractivity contribution in [2.24, 2.45) is 5.41 Å². The van der Waals surface area contributed by atoms with Crippen LogP contribution >= 0.6 is 0 Å². The lowest BCUT2D eigenvalue weighted by Crippen LogP contribution is -2.71. The number of nitrogens with zero attached hydrogens (tertiary/aromatic N) is 1. The fourth-order valence-electron chi connectivity index (χ4n) is 1.69. The molecule has 2 fully saturated rings. The molecule has 0 bridgehead atoms. The third-order valence-corrected chi connectivity index (χ3v) is 2.50. The molecule has 0 aromatic rings. The molecule has 2 saturated heterocycles. The van der Waals surface area contributed by atoms with E-state index >= 15 is 0 Å². The smallest absolute Gasteiger partial charge is 0.219 e. The summed E-state index contributed by atoms with van der Waals surface area (Å²) >= 11 is 0. The Kier molecular flexibility index (Phi) is 4.40. The van der Waals surface area contributed by atoms with Crippen molar-refractivity contribution in [3.8, 4) is 0 Å². The second-order valence-corrected chi connectivity index (χ2v) is 3.48. The average Bonchev–Trinajstić information content (AvgIpc) is 1.85. The van der Waals surface area contributed by atoms with Gasteiger partial charge in [-0.05, 0) is 0 Å². The largest absolute Gasteiger partial charge is 0.341 e. The summed E-state index contributed by atoms with van der Waals surface area (Å²) in [5.74, 6) is 0.220. The molecule has 0 radical (unpaired) electrons. The van der Waals surface area contributed by atoms with Crippen molar-refractivity contribution in [1.82, 2.24) is 10.2 Å². The second-order valence-electron chi connectivity index (χ2n) is 3.48. The second kappa shape index (κ2) is 4.61. The molecule has 0 aliphatic carbocycles. The molecule has 1 spiro atoms. The highest BCUT2D eigenvalue weighted by atomic mass is 16.2. The summed E-state index contributed by atoms with van der Waals surface area (Å²) in [5, 5.41) is 3.23. The lowest BCUT2D eigenvalue weighted by atomic mass is 9.74. The molecule has 0 unspecified atom stereocenters. The fraction of sp³-hybridized carbons (Fsp3) is 0.900. The van der Waals surface area contributed by atoms with Gasteiger partial charge in [0.15, 0.2) is 0 Å². The average molecular weight is 186 g/mol. The van der Waals surface area contributed by atoms with Crippen LogP contribution in [0.4, 0.5) is 0 Å². The van der Waals surface area contributed by atoms with E-state index in [0.717, 1.165) is 26.2 Å². The number of carbonyl (C=O) groups is 1. The van der Waals surface area contributed by atoms with Gasteiger partial charge >= 0.3 is 0 Å². The Hall–Kier alpha value is -0.570. The monoisotopic (exact) mass is 186 g/mol. The lowest BCUT2D eigenvalue weighted by Gasteiger charge is -2.55. The SMILES string of the molecule is C.CC.CC(=O)N1CC2(CNC2)C1. The predicted molar refractivity (Wildman–Crippen MR) is 55.6 cm³/mol. The van der Waals surface area contributed by atoms with Crippen LogP contribution in [0.3, 0.4) is 0 Å². The first kappa shape index (κ1) is 12.4. The van der Waals surface area contributed by atoms with E-state index in [0.29, 0.717) is 5.41 Å². The first-order chi connectivity index (χ1) is 5.72. The number of nitrogens with one attached hydrogen (secondary N) is 1. The summed E-state index contributed by atoms with van der Waals surface area (Å²) in [5.41, 5.74) is 0.492. The Bertz CT molecular complexity index is 168. The van der Waals surface area contributed by atoms with Gasteiger partial charge in [-0.25, -0.2) is 0 Å². The molecule has 2 heterocycles. The van der Waals surface area contributed by atoms with Gasteiger partial charge in [0.1, 0.15) is 0 Å². The first-order valence-electron chi connectivity index (χ1n) is 4.68. The van der Waals surface area contributed by atoms with Crippen molar-refractivity contribution in [2.75, 3.05) is 26.2 Å². The summed E-state index contributed by atoms with van der Waals surface area (Å²) in [6.45, 7) is 9.82. The predicted octanol–water partition coefficient (Wildman–Crippen LogP) is 1.10. The van der Waals surface area contributed by atoms with Gasteiger partial charge in [-0.15, -0.1) is 0 Å². The van der Waals surface area contributed by atoms with Gasteiger partial charge in [0.25, 0.3) is 0 Å². The minimum atomic E-state index is 0. The lowest BCUT2D eigenvalue weighted by molar-refractivity contribution is -0.144. The van der Waals surface area contributed by atoms with E-state index in [-0.39, 0.29) is 13.3 Å². The summed E-state index contributed by atoms with van der Waals surface area (Å²) in [6, 6.07) is 0. The summed E-state index contributed by atoms with van der Waals surface area (Å²) in [7, 11) is 0. The summed E-state index contributed by atoms with van der Waals surface area (Å²) < 4.78 is 0. The van der Waals surface area contributed by atoms with E-state index in [4.69, 9.17) is 0 Å². The Balaban J connectivity index is 0.000000451. The quantitative estimate of drug-likeness (QED) is 0.614. The molecule has 2 aliphatic rings. The third-order valence-electron chi connectivity index (χ3n) is 2.50. The van der Waals surface area contributed by atoms with Crippen molar-refractivity contribution in [3.63, 3.8) is 0 Å². The van der Waals surface area contributed by atoms with Crippen LogP contribution in [0.5, 0.6) is 0 Å². The van der Waals surface area contributed by atoms with Crippen LogP contribution in [0, 0.1) is 5.41 Å². The maximum atomic E-state index is 10.8. The molecule has 13 heavy (non-hydrogen) atoms. The minimum absolute atomic E-state index is 0. The van der Waals surface area contributed by atoms with E-state index in [9.17, 15) is 4.79 Å². The zero-order valence-electron chi connectivity index (χ0n) is 8.18. The normalized spacial score (nSPS) is 21.6. The van der Waals surface area contributed by atoms with Gasteiger partial charge in [-0.2, -0.15) is 0 Å². The molecule has 0 atom stereocenters. The fourth-order valence-corrected chi connectivity index (χ4v) is 1.69. The van der Waals surface area contributed by atoms with Gasteiger partial charge in [0, 0.05) is 38.5 Å². The van der Waals surface area contributed by atoms with Crippen molar-refractivity contribution in [2.45, 2.75) is 28.2 Å². The standard InChI is InChI=1S/C7H12N2O.C2H6.CH4/c1-6(10)9-4-7(5-9)2-8-3-7;1-2;/h8H,2-5H2,1H3;1-2H3;1H4. The zero-order valence-corrected chi connectivity index (χ0v) is 8.18. The van der Waals surface area contributed by atoms with Gasteiger partial charge in [-0.3, -0.25) is 4.79 Å². The number of hydrogen-bond donors (Lipinski definition) is 1. The highest BCUT2D eigenvalue weighted by Crippen LogP contribution is 2.33. The van der Waals surface area contributed by atoms with Crippen LogP contribution in [-0.2, 0) is 4.79 Å². The molecule has 2 aliphatic heterocycles. The number of rotatable bonds is 0. The highest BCUT2D eigenvalue weighted by Gasteiger charge is 2.48. The number of likely N-dealkylation sites (tertiary alicyclic amines) is 1. The van der Waals surface area contributed by atoms with Crippen molar-refractivity contribution in [3.05, 3.63) is 0 Å². The van der Waals surface area contributed by atoms with Crippen LogP contribution in [0.2, 0.25) is 0 Å². The molecule has 1 amide bonds. The van der Waals surface area contributed by atoms with Crippen molar-refractivity contribution in [1.29, 1.82) is 0 Å². The topological polar surface area (TPSA) is 32.3 Å². The molecule has 0 aromatic heterocycles. The van der Waals surface area contributed by atoms with E-state index in [1.807, 2.05) is 18.7 Å². The Morgan fingerprint density at radius 1 is 1.31 bits per heavy atom. The minimum Gasteiger partial charge on any atom is -0.341 e. The van der Waals surface area contributed by atoms with Crippen LogP contribution in [0.1, 0.15) is 28.2 Å². The van der Waals surface area contributed by atoms with Gasteiger partial charge < -0.3 is 10.2 Å². The van der Waals surface area contributed by atoms with Crippen molar-refractivity contribution < 1.29 is 4.79 Å². The summed E-state index contributed by atoms with van der Waals surface area (Å²) in [6.07, 6.45) is 0. The Morgan fingerprint density at radius 3 is 2.00 bits per heavy atom. The molecule has 78 valence electrons. The zero-order chi connectivity index (χ0) is 9.19. The van der Waals surface area contributed by atoms with Crippen LogP contribution in [0.25, 0.3) is 0 Å².